The molecular weight excluding hydrogens is 1860 g/mol. The molecule has 0 aliphatic heterocycles. The standard InChI is InChI=1S/C17H19ClFNO.C16H17ClFNO.C15H15ClFNO.C14H12Cl2FNO.2C14H13ClFNO.C13H11ClFNO/c1-11(2)20-10-9-12(3)17(20)16(21)8-7-13-14(18)5-4-6-15(13)19;1-11(2)19-10-4-7-15(19)16(20)9-8-12-13(17)5-3-6-14(12)18;1-10-8-9-18(2)15(10)14(19)7-6-11-12(16)4-3-5-13(11)17;1-18-12(6-8-14(18)16)13(19)7-5-9-10(15)3-2-4-11(9)17;1-17-9-3-6-13(17)14(18)8-7-10-11(15)4-2-5-12(10)16;1-9-7-8-17-14(9)13(18)6-5-10-11(15)3-2-4-12(10)16;14-10-3-1-4-11(15)9(10)6-7-13(17)12-5-2-8-16-12/h4-6,9-11H,7-8H2,1-3H3;3-7,10-11H,8-9H2,1-2H3;3-5,8-9H,6-7H2,1-2H3;2-4,6,8H,5,7H2,1H3;2-6,9H,7-8H2,1H3;2-4,7-8,17H,5-6H2,1H3;1-5,8,16H,6-7H2. The Kier molecular flexibility index (Phi) is 41.8. The molecule has 29 heteroatoms. The zero-order valence-corrected chi connectivity index (χ0v) is 80.3. The van der Waals surface area contributed by atoms with E-state index in [0.717, 1.165) is 16.7 Å². The number of ketones is 7. The van der Waals surface area contributed by atoms with E-state index in [1.54, 1.807) is 154 Å². The number of aryl methyl sites for hydroxylation is 5. The molecule has 0 saturated carbocycles. The van der Waals surface area contributed by atoms with Gasteiger partial charge in [-0.05, 0) is 262 Å². The van der Waals surface area contributed by atoms with E-state index >= 15 is 0 Å². The molecular formula is C103H100Cl8F7N7O7. The largest absolute Gasteiger partial charge is 0.359 e. The third kappa shape index (κ3) is 30.3. The monoisotopic (exact) mass is 1960 g/mol. The van der Waals surface area contributed by atoms with E-state index in [-0.39, 0.29) is 145 Å². The average Bonchev–Trinajstić information content (AvgIpc) is 1.60. The zero-order valence-electron chi connectivity index (χ0n) is 74.3. The number of carbonyl (C=O) groups is 7. The quantitative estimate of drug-likeness (QED) is 0.0333. The summed E-state index contributed by atoms with van der Waals surface area (Å²) >= 11 is 47.4. The summed E-state index contributed by atoms with van der Waals surface area (Å²) in [5, 5.41) is 3.06. The van der Waals surface area contributed by atoms with Crippen molar-refractivity contribution in [2.45, 2.75) is 150 Å². The van der Waals surface area contributed by atoms with Crippen molar-refractivity contribution in [3.63, 3.8) is 0 Å². The molecule has 14 rings (SSSR count). The number of hydrogen-bond acceptors (Lipinski definition) is 7. The molecule has 14 nitrogen and oxygen atoms in total. The summed E-state index contributed by atoms with van der Waals surface area (Å²) in [5.74, 6) is -2.69. The number of hydrogen-bond donors (Lipinski definition) is 2. The minimum Gasteiger partial charge on any atom is -0.359 e. The van der Waals surface area contributed by atoms with Gasteiger partial charge in [0.25, 0.3) is 0 Å². The van der Waals surface area contributed by atoms with Crippen LogP contribution >= 0.6 is 92.8 Å². The SMILES string of the molecule is CC(C)n1cccc1C(=O)CCc1c(F)cccc1Cl.Cc1cc[nH]c1C(=O)CCc1c(F)cccc1Cl.Cc1ccn(C(C)C)c1C(=O)CCc1c(F)cccc1Cl.Cc1ccn(C)c1C(=O)CCc1c(F)cccc1Cl.Cn1c(Cl)ccc1C(=O)CCc1c(F)cccc1Cl.Cn1cccc1C(=O)CCc1c(F)cccc1Cl.O=C(CCc1c(F)cccc1Cl)c1ccc[nH]1. The van der Waals surface area contributed by atoms with Crippen LogP contribution in [0.5, 0.6) is 0 Å². The molecule has 14 aromatic rings. The molecule has 7 heterocycles. The van der Waals surface area contributed by atoms with Gasteiger partial charge in [0, 0.05) is 189 Å². The fourth-order valence-electron chi connectivity index (χ4n) is 14.2. The highest BCUT2D eigenvalue weighted by Gasteiger charge is 2.23. The van der Waals surface area contributed by atoms with Crippen LogP contribution in [0.1, 0.15) is 214 Å². The molecule has 0 amide bonds. The van der Waals surface area contributed by atoms with Crippen molar-refractivity contribution < 1.29 is 64.3 Å². The first kappa shape index (κ1) is 106. The molecule has 694 valence electrons. The van der Waals surface area contributed by atoms with Gasteiger partial charge in [-0.25, -0.2) is 30.7 Å². The van der Waals surface area contributed by atoms with Gasteiger partial charge >= 0.3 is 0 Å². The van der Waals surface area contributed by atoms with E-state index in [1.807, 2.05) is 127 Å². The molecule has 0 spiro atoms. The second-order valence-electron chi connectivity index (χ2n) is 31.3. The van der Waals surface area contributed by atoms with Gasteiger partial charge in [0.15, 0.2) is 40.5 Å². The number of nitrogens with zero attached hydrogens (tertiary/aromatic N) is 5. The van der Waals surface area contributed by atoms with E-state index in [4.69, 9.17) is 92.8 Å². The van der Waals surface area contributed by atoms with Crippen LogP contribution in [0.4, 0.5) is 30.7 Å². The minimum atomic E-state index is -0.384. The van der Waals surface area contributed by atoms with Crippen LogP contribution in [0.2, 0.25) is 40.3 Å². The van der Waals surface area contributed by atoms with Crippen LogP contribution in [0.25, 0.3) is 0 Å². The Bertz CT molecular complexity index is 6040. The molecule has 0 unspecified atom stereocenters. The van der Waals surface area contributed by atoms with Crippen molar-refractivity contribution in [2.24, 2.45) is 21.1 Å². The number of carbonyl (C=O) groups excluding carboxylic acids is 7. The molecule has 0 fully saturated rings. The summed E-state index contributed by atoms with van der Waals surface area (Å²) in [7, 11) is 5.35. The second kappa shape index (κ2) is 51.9. The minimum absolute atomic E-state index is 0.00280. The fraction of sp³-hybridized carbons (Fsp3) is 0.252. The van der Waals surface area contributed by atoms with Crippen LogP contribution in [0.15, 0.2) is 231 Å². The van der Waals surface area contributed by atoms with Crippen molar-refractivity contribution in [1.29, 1.82) is 0 Å². The van der Waals surface area contributed by atoms with Gasteiger partial charge in [-0.15, -0.1) is 0 Å². The highest BCUT2D eigenvalue weighted by Crippen LogP contribution is 2.31. The first-order valence-corrected chi connectivity index (χ1v) is 45.2. The van der Waals surface area contributed by atoms with Gasteiger partial charge in [0.2, 0.25) is 0 Å². The summed E-state index contributed by atoms with van der Waals surface area (Å²) in [4.78, 5) is 90.2. The van der Waals surface area contributed by atoms with E-state index in [9.17, 15) is 64.3 Å². The first-order valence-electron chi connectivity index (χ1n) is 42.2. The average molecular weight is 1960 g/mol. The highest BCUT2D eigenvalue weighted by molar-refractivity contribution is 6.33. The normalized spacial score (nSPS) is 10.8. The number of aromatic amines is 2. The Morgan fingerprint density at radius 1 is 0.288 bits per heavy atom. The summed E-state index contributed by atoms with van der Waals surface area (Å²) < 4.78 is 104. The lowest BCUT2D eigenvalue weighted by atomic mass is 10.0. The maximum absolute atomic E-state index is 13.7. The predicted molar refractivity (Wildman–Crippen MR) is 515 cm³/mol. The van der Waals surface area contributed by atoms with Crippen molar-refractivity contribution in [1.82, 2.24) is 32.8 Å². The lowest BCUT2D eigenvalue weighted by molar-refractivity contribution is 0.0964. The van der Waals surface area contributed by atoms with Crippen LogP contribution in [-0.4, -0.2) is 73.3 Å². The van der Waals surface area contributed by atoms with Gasteiger partial charge in [-0.1, -0.05) is 135 Å². The van der Waals surface area contributed by atoms with Crippen molar-refractivity contribution >= 4 is 133 Å². The molecule has 132 heavy (non-hydrogen) atoms. The lowest BCUT2D eigenvalue weighted by Gasteiger charge is -2.13. The zero-order chi connectivity index (χ0) is 96.7. The summed E-state index contributed by atoms with van der Waals surface area (Å²) in [6.07, 6.45) is 14.7. The van der Waals surface area contributed by atoms with Crippen LogP contribution in [-0.2, 0) is 66.1 Å². The van der Waals surface area contributed by atoms with Gasteiger partial charge in [0.05, 0.1) is 39.9 Å². The molecule has 0 atom stereocenters. The summed E-state index contributed by atoms with van der Waals surface area (Å²) in [6, 6.07) is 51.9. The number of aromatic nitrogens is 7. The van der Waals surface area contributed by atoms with Gasteiger partial charge in [-0.2, -0.15) is 0 Å². The van der Waals surface area contributed by atoms with E-state index in [1.165, 1.54) is 42.5 Å². The second-order valence-corrected chi connectivity index (χ2v) is 34.5. The van der Waals surface area contributed by atoms with Gasteiger partial charge in [0.1, 0.15) is 45.9 Å². The number of halogens is 15. The van der Waals surface area contributed by atoms with E-state index < -0.39 is 0 Å². The van der Waals surface area contributed by atoms with Gasteiger partial charge < -0.3 is 32.8 Å². The van der Waals surface area contributed by atoms with Crippen molar-refractivity contribution in [3.05, 3.63) is 408 Å². The Labute approximate surface area is 803 Å². The van der Waals surface area contributed by atoms with Crippen LogP contribution in [0.3, 0.4) is 0 Å². The number of Topliss-reactive ketones (excluding diaryl/α,β-unsaturated/α-hetero) is 7. The molecule has 0 saturated heterocycles. The fourth-order valence-corrected chi connectivity index (χ4v) is 16.2. The van der Waals surface area contributed by atoms with E-state index in [2.05, 4.69) is 9.97 Å². The number of nitrogens with one attached hydrogen (secondary N) is 2. The molecule has 7 aromatic heterocycles. The lowest BCUT2D eigenvalue weighted by Crippen LogP contribution is -2.12. The number of benzene rings is 7. The molecule has 0 radical (unpaired) electrons. The Balaban J connectivity index is 0.000000190. The topological polar surface area (TPSA) is 176 Å². The first-order chi connectivity index (χ1) is 62.8. The number of rotatable bonds is 30. The van der Waals surface area contributed by atoms with Crippen molar-refractivity contribution in [2.75, 3.05) is 0 Å². The molecule has 0 aliphatic carbocycles. The Morgan fingerprint density at radius 3 is 0.939 bits per heavy atom. The summed E-state index contributed by atoms with van der Waals surface area (Å²) in [5.41, 5.74) is 9.89. The van der Waals surface area contributed by atoms with Crippen molar-refractivity contribution in [3.8, 4) is 0 Å². The molecule has 7 aromatic carbocycles. The summed E-state index contributed by atoms with van der Waals surface area (Å²) in [6.45, 7) is 13.8. The third-order valence-electron chi connectivity index (χ3n) is 21.5. The predicted octanol–water partition coefficient (Wildman–Crippen LogP) is 29.1. The van der Waals surface area contributed by atoms with E-state index in [0.29, 0.717) is 158 Å². The molecule has 2 N–H and O–H groups in total. The maximum atomic E-state index is 13.7. The Morgan fingerprint density at radius 2 is 0.621 bits per heavy atom. The maximum Gasteiger partial charge on any atom is 0.179 e. The van der Waals surface area contributed by atoms with Gasteiger partial charge in [-0.3, -0.25) is 33.6 Å². The molecule has 0 bridgehead atoms. The smallest absolute Gasteiger partial charge is 0.179 e. The van der Waals surface area contributed by atoms with Crippen LogP contribution < -0.4 is 0 Å². The highest BCUT2D eigenvalue weighted by atomic mass is 35.5. The van der Waals surface area contributed by atoms with Crippen LogP contribution in [0, 0.1) is 61.5 Å². The third-order valence-corrected chi connectivity index (χ3v) is 24.3. The Hall–Kier alpha value is -11.0. The molecule has 0 aliphatic rings. The number of H-pyrrole nitrogens is 2.